The number of nitrogens with zero attached hydrogens (tertiary/aromatic N) is 2. The van der Waals surface area contributed by atoms with Crippen LogP contribution in [0.1, 0.15) is 36.5 Å². The number of unbranched alkanes of at least 4 members (excludes halogenated alkanes) is 2. The van der Waals surface area contributed by atoms with Crippen molar-refractivity contribution < 1.29 is 9.90 Å². The molecule has 22 heavy (non-hydrogen) atoms. The molecular weight excluding hydrogens is 280 g/mol. The number of hydrogen-bond acceptors (Lipinski definition) is 2. The molecule has 0 spiro atoms. The van der Waals surface area contributed by atoms with E-state index in [0.29, 0.717) is 12.1 Å². The number of aromatic carboxylic acids is 1. The molecule has 0 unspecified atom stereocenters. The third-order valence-electron chi connectivity index (χ3n) is 3.95. The lowest BCUT2D eigenvalue weighted by Crippen LogP contribution is -2.22. The van der Waals surface area contributed by atoms with Crippen LogP contribution in [0.2, 0.25) is 0 Å². The van der Waals surface area contributed by atoms with Gasteiger partial charge in [-0.05, 0) is 24.6 Å². The molecule has 3 rings (SSSR count). The van der Waals surface area contributed by atoms with Crippen LogP contribution in [0.3, 0.4) is 0 Å². The minimum Gasteiger partial charge on any atom is -0.478 e. The van der Waals surface area contributed by atoms with Crippen molar-refractivity contribution in [2.45, 2.75) is 32.7 Å². The summed E-state index contributed by atoms with van der Waals surface area (Å²) < 4.78 is 3.43. The average molecular weight is 298 g/mol. The molecule has 1 N–H and O–H groups in total. The van der Waals surface area contributed by atoms with Crippen molar-refractivity contribution in [2.75, 3.05) is 0 Å². The van der Waals surface area contributed by atoms with Crippen molar-refractivity contribution >= 4 is 22.5 Å². The van der Waals surface area contributed by atoms with Gasteiger partial charge in [0.15, 0.2) is 0 Å². The quantitative estimate of drug-likeness (QED) is 0.736. The van der Waals surface area contributed by atoms with Crippen LogP contribution in [-0.4, -0.2) is 20.0 Å². The van der Waals surface area contributed by atoms with Gasteiger partial charge in [-0.1, -0.05) is 31.9 Å². The summed E-state index contributed by atoms with van der Waals surface area (Å²) >= 11 is 0. The third-order valence-corrected chi connectivity index (χ3v) is 3.95. The Balaban J connectivity index is 2.30. The topological polar surface area (TPSA) is 63.7 Å². The number of carbonyl (C=O) groups is 1. The van der Waals surface area contributed by atoms with E-state index in [0.717, 1.165) is 30.3 Å². The number of rotatable bonds is 5. The molecule has 0 fully saturated rings. The molecule has 0 bridgehead atoms. The van der Waals surface area contributed by atoms with Crippen LogP contribution in [0.15, 0.2) is 41.3 Å². The van der Waals surface area contributed by atoms with E-state index >= 15 is 0 Å². The van der Waals surface area contributed by atoms with E-state index in [4.69, 9.17) is 5.11 Å². The summed E-state index contributed by atoms with van der Waals surface area (Å²) in [6.45, 7) is 2.77. The average Bonchev–Trinajstić information content (AvgIpc) is 2.97. The van der Waals surface area contributed by atoms with E-state index in [1.165, 1.54) is 12.3 Å². The number of aromatic nitrogens is 2. The maximum absolute atomic E-state index is 12.7. The number of para-hydroxylation sites is 2. The molecule has 2 aromatic heterocycles. The zero-order valence-corrected chi connectivity index (χ0v) is 12.5. The molecule has 2 heterocycles. The van der Waals surface area contributed by atoms with Crippen LogP contribution >= 0.6 is 0 Å². The van der Waals surface area contributed by atoms with Gasteiger partial charge in [-0.2, -0.15) is 0 Å². The molecule has 0 saturated heterocycles. The second-order valence-electron chi connectivity index (χ2n) is 5.44. The van der Waals surface area contributed by atoms with Crippen molar-refractivity contribution in [3.63, 3.8) is 0 Å². The summed E-state index contributed by atoms with van der Waals surface area (Å²) in [5, 5.41) is 9.17. The maximum Gasteiger partial charge on any atom is 0.337 e. The van der Waals surface area contributed by atoms with E-state index in [2.05, 4.69) is 6.92 Å². The molecule has 114 valence electrons. The van der Waals surface area contributed by atoms with Gasteiger partial charge in [0.2, 0.25) is 0 Å². The fourth-order valence-electron chi connectivity index (χ4n) is 2.83. The summed E-state index contributed by atoms with van der Waals surface area (Å²) in [6.07, 6.45) is 4.59. The molecule has 0 saturated carbocycles. The van der Waals surface area contributed by atoms with E-state index < -0.39 is 5.97 Å². The van der Waals surface area contributed by atoms with Crippen molar-refractivity contribution in [3.05, 3.63) is 52.4 Å². The highest BCUT2D eigenvalue weighted by atomic mass is 16.4. The minimum absolute atomic E-state index is 0.133. The summed E-state index contributed by atoms with van der Waals surface area (Å²) in [5.41, 5.74) is 2.09. The Morgan fingerprint density at radius 3 is 2.55 bits per heavy atom. The lowest BCUT2D eigenvalue weighted by atomic mass is 10.2. The fourth-order valence-corrected chi connectivity index (χ4v) is 2.83. The van der Waals surface area contributed by atoms with Crippen molar-refractivity contribution in [1.82, 2.24) is 8.97 Å². The van der Waals surface area contributed by atoms with E-state index in [-0.39, 0.29) is 11.1 Å². The molecule has 0 radical (unpaired) electrons. The summed E-state index contributed by atoms with van der Waals surface area (Å²) in [5.74, 6) is -1.02. The molecule has 3 aromatic rings. The summed E-state index contributed by atoms with van der Waals surface area (Å²) in [4.78, 5) is 23.9. The van der Waals surface area contributed by atoms with Gasteiger partial charge in [0.1, 0.15) is 5.52 Å². The van der Waals surface area contributed by atoms with Gasteiger partial charge < -0.3 is 14.1 Å². The Hall–Kier alpha value is -2.56. The molecule has 5 heteroatoms. The first kappa shape index (κ1) is 14.4. The minimum atomic E-state index is -1.02. The van der Waals surface area contributed by atoms with Gasteiger partial charge in [-0.15, -0.1) is 0 Å². The summed E-state index contributed by atoms with van der Waals surface area (Å²) in [6, 6.07) is 9.05. The molecule has 0 aliphatic rings. The van der Waals surface area contributed by atoms with Crippen LogP contribution in [0.5, 0.6) is 0 Å². The zero-order chi connectivity index (χ0) is 15.7. The van der Waals surface area contributed by atoms with Crippen LogP contribution < -0.4 is 5.56 Å². The van der Waals surface area contributed by atoms with E-state index in [1.54, 1.807) is 8.97 Å². The lowest BCUT2D eigenvalue weighted by Gasteiger charge is -2.12. The van der Waals surface area contributed by atoms with Crippen LogP contribution in [0.25, 0.3) is 16.6 Å². The Morgan fingerprint density at radius 1 is 1.14 bits per heavy atom. The first-order chi connectivity index (χ1) is 10.6. The van der Waals surface area contributed by atoms with Gasteiger partial charge in [0.25, 0.3) is 5.56 Å². The molecule has 0 aliphatic heterocycles. The molecule has 0 atom stereocenters. The third kappa shape index (κ3) is 2.28. The maximum atomic E-state index is 12.7. The Labute approximate surface area is 127 Å². The van der Waals surface area contributed by atoms with Crippen LogP contribution in [-0.2, 0) is 6.54 Å². The normalized spacial score (nSPS) is 11.3. The SMILES string of the molecule is CCCCCn1c(=O)c2cc(C(=O)O)cn2c2ccccc21. The summed E-state index contributed by atoms with van der Waals surface area (Å²) in [7, 11) is 0. The van der Waals surface area contributed by atoms with Crippen molar-refractivity contribution in [3.8, 4) is 0 Å². The number of fused-ring (bicyclic) bond motifs is 3. The van der Waals surface area contributed by atoms with E-state index in [9.17, 15) is 9.59 Å². The number of hydrogen-bond donors (Lipinski definition) is 1. The predicted octanol–water partition coefficient (Wildman–Crippen LogP) is 3.14. The van der Waals surface area contributed by atoms with E-state index in [1.807, 2.05) is 24.3 Å². The van der Waals surface area contributed by atoms with Gasteiger partial charge in [0, 0.05) is 12.7 Å². The fraction of sp³-hybridized carbons (Fsp3) is 0.294. The van der Waals surface area contributed by atoms with Gasteiger partial charge >= 0.3 is 5.97 Å². The number of carboxylic acid groups (broad SMARTS) is 1. The van der Waals surface area contributed by atoms with Gasteiger partial charge in [-0.25, -0.2) is 4.79 Å². The van der Waals surface area contributed by atoms with Crippen LogP contribution in [0.4, 0.5) is 0 Å². The molecule has 5 nitrogen and oxygen atoms in total. The lowest BCUT2D eigenvalue weighted by molar-refractivity contribution is 0.0697. The Bertz CT molecular complexity index is 905. The zero-order valence-electron chi connectivity index (χ0n) is 12.5. The number of benzene rings is 1. The highest BCUT2D eigenvalue weighted by Gasteiger charge is 2.14. The van der Waals surface area contributed by atoms with Gasteiger partial charge in [0.05, 0.1) is 16.6 Å². The monoisotopic (exact) mass is 298 g/mol. The van der Waals surface area contributed by atoms with Crippen molar-refractivity contribution in [2.24, 2.45) is 0 Å². The molecule has 0 aliphatic carbocycles. The second-order valence-corrected chi connectivity index (χ2v) is 5.44. The molecule has 0 amide bonds. The Morgan fingerprint density at radius 2 is 1.86 bits per heavy atom. The number of carboxylic acids is 1. The Kier molecular flexibility index (Phi) is 3.71. The standard InChI is InChI=1S/C17H18N2O3/c1-2-3-6-9-18-13-7-4-5-8-14(13)19-11-12(17(21)22)10-15(19)16(18)20/h4-5,7-8,10-11H,2-3,6,9H2,1H3,(H,21,22). The first-order valence-electron chi connectivity index (χ1n) is 7.50. The highest BCUT2D eigenvalue weighted by molar-refractivity contribution is 5.91. The van der Waals surface area contributed by atoms with Crippen molar-refractivity contribution in [1.29, 1.82) is 0 Å². The molecular formula is C17H18N2O3. The van der Waals surface area contributed by atoms with Crippen LogP contribution in [0, 0.1) is 0 Å². The smallest absolute Gasteiger partial charge is 0.337 e. The highest BCUT2D eigenvalue weighted by Crippen LogP contribution is 2.17. The second kappa shape index (κ2) is 5.67. The van der Waals surface area contributed by atoms with Gasteiger partial charge in [-0.3, -0.25) is 4.79 Å². The largest absolute Gasteiger partial charge is 0.478 e. The predicted molar refractivity (Wildman–Crippen MR) is 85.6 cm³/mol. The molecule has 1 aromatic carbocycles. The number of aryl methyl sites for hydroxylation is 1. The first-order valence-corrected chi connectivity index (χ1v) is 7.50.